The number of nitrogens with one attached hydrogen (secondary N) is 1. The topological polar surface area (TPSA) is 94.8 Å². The summed E-state index contributed by atoms with van der Waals surface area (Å²) in [4.78, 5) is 38.0. The number of fused-ring (bicyclic) bond motifs is 1. The van der Waals surface area contributed by atoms with E-state index in [9.17, 15) is 14.4 Å². The molecule has 3 aromatic rings. The molecule has 2 aromatic carbocycles. The van der Waals surface area contributed by atoms with Gasteiger partial charge in [0.15, 0.2) is 5.75 Å². The van der Waals surface area contributed by atoms with Crippen molar-refractivity contribution in [2.75, 3.05) is 12.0 Å². The molecule has 0 aliphatic heterocycles. The average molecular weight is 532 g/mol. The highest BCUT2D eigenvalue weighted by Crippen LogP contribution is 2.32. The van der Waals surface area contributed by atoms with Crippen LogP contribution in [0.5, 0.6) is 5.75 Å². The molecule has 0 aliphatic rings. The van der Waals surface area contributed by atoms with Crippen LogP contribution in [0, 0.1) is 6.92 Å². The number of rotatable bonds is 8. The third-order valence-electron chi connectivity index (χ3n) is 5.36. The quantitative estimate of drug-likeness (QED) is 0.220. The summed E-state index contributed by atoms with van der Waals surface area (Å²) in [7, 11) is 0. The van der Waals surface area contributed by atoms with Crippen LogP contribution in [0.1, 0.15) is 43.9 Å². The number of alkyl carbamates (subject to hydrolysis) is 1. The van der Waals surface area contributed by atoms with Gasteiger partial charge in [0.05, 0.1) is 5.02 Å². The van der Waals surface area contributed by atoms with E-state index in [0.717, 1.165) is 11.1 Å². The van der Waals surface area contributed by atoms with E-state index in [1.165, 1.54) is 17.8 Å². The molecule has 9 heteroatoms. The monoisotopic (exact) mass is 531 g/mol. The zero-order chi connectivity index (χ0) is 26.5. The summed E-state index contributed by atoms with van der Waals surface area (Å²) in [6, 6.07) is 11.7. The molecule has 7 nitrogen and oxygen atoms in total. The number of esters is 1. The highest BCUT2D eigenvalue weighted by Gasteiger charge is 2.27. The van der Waals surface area contributed by atoms with Gasteiger partial charge < -0.3 is 19.2 Å². The Hall–Kier alpha value is -2.97. The standard InChI is InChI=1S/C27H30ClNO6S/c1-16-18-14-20(28)23(15-22(18)33-24(30)19(16)13-17-9-7-6-8-10-17)34-25(31)21(11-12-36-5)29-26(32)35-27(2,3)4/h6-10,14-15,21H,11-13H2,1-5H3,(H,29,32)/t21-/m1/s1. The Morgan fingerprint density at radius 3 is 2.50 bits per heavy atom. The van der Waals surface area contributed by atoms with Crippen LogP contribution in [0.25, 0.3) is 11.0 Å². The molecule has 192 valence electrons. The van der Waals surface area contributed by atoms with Gasteiger partial charge in [0, 0.05) is 23.4 Å². The van der Waals surface area contributed by atoms with Gasteiger partial charge in [-0.25, -0.2) is 14.4 Å². The normalized spacial score (nSPS) is 12.3. The lowest BCUT2D eigenvalue weighted by Gasteiger charge is -2.23. The molecule has 1 atom stereocenters. The predicted octanol–water partition coefficient (Wildman–Crippen LogP) is 5.90. The Bertz CT molecular complexity index is 1300. The smallest absolute Gasteiger partial charge is 0.408 e. The Morgan fingerprint density at radius 1 is 1.17 bits per heavy atom. The van der Waals surface area contributed by atoms with E-state index >= 15 is 0 Å². The summed E-state index contributed by atoms with van der Waals surface area (Å²) in [5.74, 6) is -0.0529. The third kappa shape index (κ3) is 7.27. The molecule has 0 unspecified atom stereocenters. The molecule has 1 N–H and O–H groups in total. The zero-order valence-corrected chi connectivity index (χ0v) is 22.5. The number of hydrogen-bond acceptors (Lipinski definition) is 7. The van der Waals surface area contributed by atoms with Crippen LogP contribution in [-0.4, -0.2) is 35.7 Å². The molecule has 0 bridgehead atoms. The van der Waals surface area contributed by atoms with Gasteiger partial charge in [-0.3, -0.25) is 0 Å². The van der Waals surface area contributed by atoms with E-state index in [-0.39, 0.29) is 16.4 Å². The van der Waals surface area contributed by atoms with Crippen LogP contribution >= 0.6 is 23.4 Å². The molecule has 0 aliphatic carbocycles. The average Bonchev–Trinajstić information content (AvgIpc) is 2.80. The molecule has 0 saturated carbocycles. The van der Waals surface area contributed by atoms with Gasteiger partial charge >= 0.3 is 17.7 Å². The maximum Gasteiger partial charge on any atom is 0.408 e. The second-order valence-corrected chi connectivity index (χ2v) is 10.7. The fourth-order valence-corrected chi connectivity index (χ4v) is 4.26. The fraction of sp³-hybridized carbons (Fsp3) is 0.370. The van der Waals surface area contributed by atoms with Crippen LogP contribution in [0.2, 0.25) is 5.02 Å². The largest absolute Gasteiger partial charge is 0.444 e. The second-order valence-electron chi connectivity index (χ2n) is 9.34. The summed E-state index contributed by atoms with van der Waals surface area (Å²) in [5, 5.41) is 3.40. The number of ether oxygens (including phenoxy) is 2. The Kier molecular flexibility index (Phi) is 9.08. The van der Waals surface area contributed by atoms with E-state index in [4.69, 9.17) is 25.5 Å². The van der Waals surface area contributed by atoms with Gasteiger partial charge in [-0.15, -0.1) is 0 Å². The SMILES string of the molecule is CSCC[C@@H](NC(=O)OC(C)(C)C)C(=O)Oc1cc2oc(=O)c(Cc3ccccc3)c(C)c2cc1Cl. The van der Waals surface area contributed by atoms with Crippen LogP contribution in [0.15, 0.2) is 51.7 Å². The van der Waals surface area contributed by atoms with Crippen molar-refractivity contribution >= 4 is 46.4 Å². The number of carbonyl (C=O) groups excluding carboxylic acids is 2. The summed E-state index contributed by atoms with van der Waals surface area (Å²) in [6.45, 7) is 7.04. The van der Waals surface area contributed by atoms with Crippen molar-refractivity contribution in [2.24, 2.45) is 0 Å². The molecule has 3 rings (SSSR count). The van der Waals surface area contributed by atoms with Crippen LogP contribution < -0.4 is 15.7 Å². The number of hydrogen-bond donors (Lipinski definition) is 1. The fourth-order valence-electron chi connectivity index (χ4n) is 3.59. The zero-order valence-electron chi connectivity index (χ0n) is 21.0. The van der Waals surface area contributed by atoms with Gasteiger partial charge in [0.1, 0.15) is 17.2 Å². The summed E-state index contributed by atoms with van der Waals surface area (Å²) in [5.41, 5.74) is 1.34. The van der Waals surface area contributed by atoms with E-state index < -0.39 is 29.3 Å². The maximum atomic E-state index is 12.9. The highest BCUT2D eigenvalue weighted by atomic mass is 35.5. The minimum Gasteiger partial charge on any atom is -0.444 e. The van der Waals surface area contributed by atoms with Crippen molar-refractivity contribution in [3.8, 4) is 5.75 Å². The lowest BCUT2D eigenvalue weighted by Crippen LogP contribution is -2.45. The van der Waals surface area contributed by atoms with Gasteiger partial charge in [0.25, 0.3) is 0 Å². The minimum absolute atomic E-state index is 0.0349. The number of carbonyl (C=O) groups is 2. The molecule has 1 heterocycles. The lowest BCUT2D eigenvalue weighted by molar-refractivity contribution is -0.136. The number of amides is 1. The first-order valence-corrected chi connectivity index (χ1v) is 13.3. The van der Waals surface area contributed by atoms with Gasteiger partial charge in [0.2, 0.25) is 0 Å². The van der Waals surface area contributed by atoms with E-state index in [0.29, 0.717) is 29.5 Å². The minimum atomic E-state index is -0.943. The Balaban J connectivity index is 1.87. The molecule has 1 aromatic heterocycles. The molecule has 0 spiro atoms. The first kappa shape index (κ1) is 27.6. The molecule has 0 radical (unpaired) electrons. The Morgan fingerprint density at radius 2 is 1.86 bits per heavy atom. The summed E-state index contributed by atoms with van der Waals surface area (Å²) >= 11 is 7.99. The lowest BCUT2D eigenvalue weighted by atomic mass is 9.99. The molecular weight excluding hydrogens is 502 g/mol. The van der Waals surface area contributed by atoms with Gasteiger partial charge in [-0.1, -0.05) is 41.9 Å². The molecule has 1 amide bonds. The van der Waals surface area contributed by atoms with Crippen LogP contribution in [0.4, 0.5) is 4.79 Å². The van der Waals surface area contributed by atoms with Gasteiger partial charge in [-0.2, -0.15) is 11.8 Å². The van der Waals surface area contributed by atoms with Crippen LogP contribution in [-0.2, 0) is 16.0 Å². The molecular formula is C27H30ClNO6S. The van der Waals surface area contributed by atoms with Crippen molar-refractivity contribution < 1.29 is 23.5 Å². The predicted molar refractivity (Wildman–Crippen MR) is 143 cm³/mol. The molecule has 36 heavy (non-hydrogen) atoms. The van der Waals surface area contributed by atoms with Crippen molar-refractivity contribution in [1.82, 2.24) is 5.32 Å². The number of halogens is 1. The number of thioether (sulfide) groups is 1. The molecule has 0 saturated heterocycles. The maximum absolute atomic E-state index is 12.9. The highest BCUT2D eigenvalue weighted by molar-refractivity contribution is 7.98. The Labute approximate surface area is 219 Å². The first-order chi connectivity index (χ1) is 17.0. The van der Waals surface area contributed by atoms with E-state index in [1.807, 2.05) is 43.5 Å². The number of aryl methyl sites for hydroxylation is 1. The molecule has 0 fully saturated rings. The van der Waals surface area contributed by atoms with Gasteiger partial charge in [-0.05, 0) is 63.3 Å². The second kappa shape index (κ2) is 11.8. The van der Waals surface area contributed by atoms with E-state index in [2.05, 4.69) is 5.32 Å². The van der Waals surface area contributed by atoms with Crippen molar-refractivity contribution in [1.29, 1.82) is 0 Å². The van der Waals surface area contributed by atoms with Crippen LogP contribution in [0.3, 0.4) is 0 Å². The van der Waals surface area contributed by atoms with Crippen molar-refractivity contribution in [3.05, 3.63) is 74.6 Å². The van der Waals surface area contributed by atoms with Crippen molar-refractivity contribution in [3.63, 3.8) is 0 Å². The van der Waals surface area contributed by atoms with Crippen molar-refractivity contribution in [2.45, 2.75) is 52.2 Å². The summed E-state index contributed by atoms with van der Waals surface area (Å²) < 4.78 is 16.4. The summed E-state index contributed by atoms with van der Waals surface area (Å²) in [6.07, 6.45) is 1.93. The first-order valence-electron chi connectivity index (χ1n) is 11.5. The van der Waals surface area contributed by atoms with E-state index in [1.54, 1.807) is 26.8 Å². The third-order valence-corrected chi connectivity index (χ3v) is 6.30. The number of benzene rings is 2.